The zero-order valence-corrected chi connectivity index (χ0v) is 12.7. The summed E-state index contributed by atoms with van der Waals surface area (Å²) in [5.74, 6) is -0.584. The first-order valence-corrected chi connectivity index (χ1v) is 7.45. The first-order chi connectivity index (χ1) is 11.0. The number of carbonyl (C=O) groups excluding carboxylic acids is 2. The Bertz CT molecular complexity index is 610. The number of piperidine rings is 1. The third kappa shape index (κ3) is 4.61. The van der Waals surface area contributed by atoms with Gasteiger partial charge in [-0.3, -0.25) is 9.59 Å². The van der Waals surface area contributed by atoms with Crippen LogP contribution in [0.2, 0.25) is 0 Å². The van der Waals surface area contributed by atoms with Crippen molar-refractivity contribution in [2.45, 2.75) is 19.3 Å². The van der Waals surface area contributed by atoms with Crippen molar-refractivity contribution >= 4 is 11.8 Å². The summed E-state index contributed by atoms with van der Waals surface area (Å²) in [6, 6.07) is 5.59. The Morgan fingerprint density at radius 3 is 2.39 bits per heavy atom. The quantitative estimate of drug-likeness (QED) is 0.766. The van der Waals surface area contributed by atoms with Gasteiger partial charge < -0.3 is 20.4 Å². The molecule has 0 aliphatic carbocycles. The number of nitriles is 1. The Balaban J connectivity index is 1.80. The molecule has 1 aliphatic rings. The zero-order valence-electron chi connectivity index (χ0n) is 12.7. The van der Waals surface area contributed by atoms with Crippen LogP contribution in [0.25, 0.3) is 0 Å². The zero-order chi connectivity index (χ0) is 16.8. The van der Waals surface area contributed by atoms with Crippen molar-refractivity contribution < 1.29 is 19.8 Å². The number of benzene rings is 1. The van der Waals surface area contributed by atoms with Gasteiger partial charge in [-0.05, 0) is 30.9 Å². The van der Waals surface area contributed by atoms with Crippen LogP contribution in [0.5, 0.6) is 11.5 Å². The van der Waals surface area contributed by atoms with Crippen LogP contribution < -0.4 is 5.32 Å². The van der Waals surface area contributed by atoms with E-state index >= 15 is 0 Å². The van der Waals surface area contributed by atoms with Crippen molar-refractivity contribution in [3.8, 4) is 17.6 Å². The molecule has 2 amide bonds. The summed E-state index contributed by atoms with van der Waals surface area (Å²) >= 11 is 0. The predicted octanol–water partition coefficient (Wildman–Crippen LogP) is 0.980. The molecule has 7 heteroatoms. The summed E-state index contributed by atoms with van der Waals surface area (Å²) < 4.78 is 0. The molecule has 23 heavy (non-hydrogen) atoms. The number of hydrogen-bond acceptors (Lipinski definition) is 5. The van der Waals surface area contributed by atoms with Crippen LogP contribution in [0.4, 0.5) is 0 Å². The summed E-state index contributed by atoms with van der Waals surface area (Å²) in [4.78, 5) is 25.3. The van der Waals surface area contributed by atoms with Gasteiger partial charge in [-0.15, -0.1) is 0 Å². The number of nitrogens with one attached hydrogen (secondary N) is 1. The molecule has 0 spiro atoms. The van der Waals surface area contributed by atoms with Crippen LogP contribution in [0.15, 0.2) is 18.2 Å². The molecular formula is C16H19N3O4. The standard InChI is InChI=1S/C16H19N3O4/c17-4-1-15(22)19-5-2-11(3-6-19)10-18-16(23)12-7-13(20)9-14(21)8-12/h7-9,11,20-21H,1-3,5-6,10H2,(H,18,23). The Morgan fingerprint density at radius 2 is 1.83 bits per heavy atom. The fourth-order valence-electron chi connectivity index (χ4n) is 2.63. The SMILES string of the molecule is N#CCC(=O)N1CCC(CNC(=O)c2cc(O)cc(O)c2)CC1. The number of amides is 2. The summed E-state index contributed by atoms with van der Waals surface area (Å²) in [5.41, 5.74) is 0.198. The van der Waals surface area contributed by atoms with Gasteiger partial charge in [0.25, 0.3) is 5.91 Å². The van der Waals surface area contributed by atoms with E-state index in [-0.39, 0.29) is 41.2 Å². The number of phenolic OH excluding ortho intramolecular Hbond substituents is 2. The van der Waals surface area contributed by atoms with E-state index in [1.54, 1.807) is 4.90 Å². The molecule has 0 saturated carbocycles. The predicted molar refractivity (Wildman–Crippen MR) is 81.6 cm³/mol. The maximum Gasteiger partial charge on any atom is 0.251 e. The molecule has 1 fully saturated rings. The van der Waals surface area contributed by atoms with Crippen molar-refractivity contribution in [1.82, 2.24) is 10.2 Å². The second-order valence-electron chi connectivity index (χ2n) is 5.61. The Labute approximate surface area is 134 Å². The van der Waals surface area contributed by atoms with Gasteiger partial charge in [-0.1, -0.05) is 0 Å². The highest BCUT2D eigenvalue weighted by molar-refractivity contribution is 5.95. The van der Waals surface area contributed by atoms with Crippen LogP contribution in [0.3, 0.4) is 0 Å². The molecule has 2 rings (SSSR count). The summed E-state index contributed by atoms with van der Waals surface area (Å²) in [5, 5.41) is 30.1. The van der Waals surface area contributed by atoms with Gasteiger partial charge in [0, 0.05) is 31.3 Å². The lowest BCUT2D eigenvalue weighted by Gasteiger charge is -2.31. The highest BCUT2D eigenvalue weighted by Crippen LogP contribution is 2.21. The number of hydrogen-bond donors (Lipinski definition) is 3. The molecule has 7 nitrogen and oxygen atoms in total. The van der Waals surface area contributed by atoms with Crippen LogP contribution in [-0.2, 0) is 4.79 Å². The van der Waals surface area contributed by atoms with Gasteiger partial charge in [0.15, 0.2) is 0 Å². The molecule has 3 N–H and O–H groups in total. The Morgan fingerprint density at radius 1 is 1.22 bits per heavy atom. The molecule has 1 aromatic carbocycles. The highest BCUT2D eigenvalue weighted by Gasteiger charge is 2.23. The van der Waals surface area contributed by atoms with E-state index < -0.39 is 0 Å². The van der Waals surface area contributed by atoms with Gasteiger partial charge in [0.05, 0.1) is 6.07 Å². The summed E-state index contributed by atoms with van der Waals surface area (Å²) in [6.45, 7) is 1.65. The summed E-state index contributed by atoms with van der Waals surface area (Å²) in [6.07, 6.45) is 1.44. The topological polar surface area (TPSA) is 114 Å². The molecule has 1 heterocycles. The van der Waals surface area contributed by atoms with Gasteiger partial charge >= 0.3 is 0 Å². The van der Waals surface area contributed by atoms with E-state index in [1.165, 1.54) is 12.1 Å². The molecule has 0 radical (unpaired) electrons. The molecule has 0 atom stereocenters. The fourth-order valence-corrected chi connectivity index (χ4v) is 2.63. The molecule has 1 aromatic rings. The molecule has 0 unspecified atom stereocenters. The fraction of sp³-hybridized carbons (Fsp3) is 0.438. The largest absolute Gasteiger partial charge is 0.508 e. The van der Waals surface area contributed by atoms with Gasteiger partial charge in [0.2, 0.25) is 5.91 Å². The number of phenols is 2. The first kappa shape index (κ1) is 16.6. The maximum absolute atomic E-state index is 12.0. The van der Waals surface area contributed by atoms with Gasteiger partial charge in [0.1, 0.15) is 17.9 Å². The average molecular weight is 317 g/mol. The highest BCUT2D eigenvalue weighted by atomic mass is 16.3. The van der Waals surface area contributed by atoms with E-state index in [0.717, 1.165) is 18.9 Å². The second kappa shape index (κ2) is 7.49. The van der Waals surface area contributed by atoms with Crippen molar-refractivity contribution in [2.75, 3.05) is 19.6 Å². The van der Waals surface area contributed by atoms with E-state index in [2.05, 4.69) is 5.32 Å². The van der Waals surface area contributed by atoms with Crippen molar-refractivity contribution in [1.29, 1.82) is 5.26 Å². The first-order valence-electron chi connectivity index (χ1n) is 7.45. The second-order valence-corrected chi connectivity index (χ2v) is 5.61. The number of likely N-dealkylation sites (tertiary alicyclic amines) is 1. The van der Waals surface area contributed by atoms with Crippen LogP contribution in [-0.4, -0.2) is 46.6 Å². The molecule has 1 aliphatic heterocycles. The Kier molecular flexibility index (Phi) is 5.41. The van der Waals surface area contributed by atoms with Crippen LogP contribution in [0.1, 0.15) is 29.6 Å². The van der Waals surface area contributed by atoms with Crippen molar-refractivity contribution in [2.24, 2.45) is 5.92 Å². The minimum Gasteiger partial charge on any atom is -0.508 e. The lowest BCUT2D eigenvalue weighted by molar-refractivity contribution is -0.131. The minimum atomic E-state index is -0.362. The third-order valence-electron chi connectivity index (χ3n) is 3.91. The van der Waals surface area contributed by atoms with E-state index in [4.69, 9.17) is 5.26 Å². The Hall–Kier alpha value is -2.75. The summed E-state index contributed by atoms with van der Waals surface area (Å²) in [7, 11) is 0. The molecule has 1 saturated heterocycles. The molecule has 0 bridgehead atoms. The number of carbonyl (C=O) groups is 2. The van der Waals surface area contributed by atoms with Crippen molar-refractivity contribution in [3.63, 3.8) is 0 Å². The van der Waals surface area contributed by atoms with Crippen LogP contribution >= 0.6 is 0 Å². The van der Waals surface area contributed by atoms with Gasteiger partial charge in [-0.25, -0.2) is 0 Å². The third-order valence-corrected chi connectivity index (χ3v) is 3.91. The van der Waals surface area contributed by atoms with E-state index in [1.807, 2.05) is 6.07 Å². The van der Waals surface area contributed by atoms with Gasteiger partial charge in [-0.2, -0.15) is 5.26 Å². The van der Waals surface area contributed by atoms with Crippen LogP contribution in [0, 0.1) is 17.2 Å². The lowest BCUT2D eigenvalue weighted by atomic mass is 9.96. The monoisotopic (exact) mass is 317 g/mol. The molecule has 0 aromatic heterocycles. The van der Waals surface area contributed by atoms with Crippen molar-refractivity contribution in [3.05, 3.63) is 23.8 Å². The smallest absolute Gasteiger partial charge is 0.251 e. The molecular weight excluding hydrogens is 298 g/mol. The average Bonchev–Trinajstić information content (AvgIpc) is 2.52. The number of rotatable bonds is 4. The maximum atomic E-state index is 12.0. The minimum absolute atomic E-state index is 0.0948. The number of nitrogens with zero attached hydrogens (tertiary/aromatic N) is 2. The molecule has 122 valence electrons. The normalized spacial score (nSPS) is 15.0. The lowest BCUT2D eigenvalue weighted by Crippen LogP contribution is -2.41. The number of aromatic hydroxyl groups is 2. The van der Waals surface area contributed by atoms with E-state index in [0.29, 0.717) is 19.6 Å². The van der Waals surface area contributed by atoms with E-state index in [9.17, 15) is 19.8 Å².